The van der Waals surface area contributed by atoms with E-state index in [2.05, 4.69) is 39.0 Å². The zero-order valence-electron chi connectivity index (χ0n) is 34.7. The van der Waals surface area contributed by atoms with Crippen molar-refractivity contribution in [2.45, 2.75) is 94.4 Å². The van der Waals surface area contributed by atoms with Crippen LogP contribution in [0.15, 0.2) is 0 Å². The average Bonchev–Trinajstić information content (AvgIpc) is 3.21. The fourth-order valence-electron chi connectivity index (χ4n) is 7.19. The molecule has 0 aromatic carbocycles. The van der Waals surface area contributed by atoms with E-state index in [-0.39, 0.29) is 102 Å². The molecule has 3 fully saturated rings. The Morgan fingerprint density at radius 2 is 1.12 bits per heavy atom. The molecule has 0 aromatic rings. The van der Waals surface area contributed by atoms with Crippen LogP contribution in [0.4, 0.5) is 0 Å². The van der Waals surface area contributed by atoms with Gasteiger partial charge in [0.15, 0.2) is 0 Å². The van der Waals surface area contributed by atoms with Crippen molar-refractivity contribution < 1.29 is 61.9 Å². The van der Waals surface area contributed by atoms with Crippen LogP contribution < -0.4 is 26.2 Å². The molecule has 3 aliphatic rings. The van der Waals surface area contributed by atoms with Gasteiger partial charge in [0.05, 0.1) is 65.1 Å². The van der Waals surface area contributed by atoms with Gasteiger partial charge in [0.25, 0.3) is 0 Å². The first-order valence-corrected chi connectivity index (χ1v) is 22.3. The maximum atomic E-state index is 14.5. The fourth-order valence-corrected chi connectivity index (χ4v) is 8.17. The van der Waals surface area contributed by atoms with Gasteiger partial charge >= 0.3 is 0 Å². The van der Waals surface area contributed by atoms with Gasteiger partial charge < -0.3 is 63.5 Å². The number of amides is 3. The predicted octanol–water partition coefficient (Wildman–Crippen LogP) is 0.614. The minimum absolute atomic E-state index is 0.0150. The molecule has 3 amide bonds. The first-order valence-electron chi connectivity index (χ1n) is 20.4. The second kappa shape index (κ2) is 29.2. The molecule has 59 heavy (non-hydrogen) atoms. The number of aliphatic hydroxyl groups is 1. The Labute approximate surface area is 350 Å². The van der Waals surface area contributed by atoms with Crippen LogP contribution in [0, 0.1) is 42.4 Å². The molecule has 2 unspecified atom stereocenters. The molecule has 3 rings (SSSR count). The summed E-state index contributed by atoms with van der Waals surface area (Å²) >= 11 is 0. The SMILES string of the molecule is C#CCOCCOCCNC(=O)CCC(CCC(=O)NCCOCCOCC#C)(CCC(O)NCCOCCOCC#C)NC(=O)C12CCC(OP(C)(=O)[O-])(CC1)CC2. The molecular formula is C41H66N4O13P-. The zero-order valence-corrected chi connectivity index (χ0v) is 35.6. The van der Waals surface area contributed by atoms with Gasteiger partial charge in [-0.05, 0) is 64.2 Å². The van der Waals surface area contributed by atoms with Crippen molar-refractivity contribution in [1.82, 2.24) is 21.3 Å². The zero-order chi connectivity index (χ0) is 43.3. The Kier molecular flexibility index (Phi) is 25.8. The maximum absolute atomic E-state index is 14.5. The number of aliphatic hydroxyl groups excluding tert-OH is 1. The van der Waals surface area contributed by atoms with Crippen LogP contribution in [0.3, 0.4) is 0 Å². The third-order valence-corrected chi connectivity index (χ3v) is 11.1. The topological polar surface area (TPSA) is 224 Å². The largest absolute Gasteiger partial charge is 0.779 e. The second-order valence-electron chi connectivity index (χ2n) is 14.9. The first-order chi connectivity index (χ1) is 28.3. The number of fused-ring (bicyclic) bond motifs is 3. The van der Waals surface area contributed by atoms with Gasteiger partial charge in [0, 0.05) is 50.1 Å². The third kappa shape index (κ3) is 22.4. The molecule has 2 atom stereocenters. The highest BCUT2D eigenvalue weighted by molar-refractivity contribution is 7.50. The number of carbonyl (C=O) groups is 3. The van der Waals surface area contributed by atoms with E-state index in [0.29, 0.717) is 91.3 Å². The molecule has 17 nitrogen and oxygen atoms in total. The molecule has 0 aromatic heterocycles. The van der Waals surface area contributed by atoms with Crippen molar-refractivity contribution in [3.05, 3.63) is 0 Å². The average molecular weight is 854 g/mol. The van der Waals surface area contributed by atoms with E-state index in [4.69, 9.17) is 52.2 Å². The Hall–Kier alpha value is -3.08. The molecule has 334 valence electrons. The summed E-state index contributed by atoms with van der Waals surface area (Å²) in [6.45, 7) is 5.21. The van der Waals surface area contributed by atoms with Gasteiger partial charge in [-0.25, -0.2) is 0 Å². The summed E-state index contributed by atoms with van der Waals surface area (Å²) in [6.07, 6.45) is 17.8. The van der Waals surface area contributed by atoms with E-state index >= 15 is 0 Å². The minimum atomic E-state index is -4.00. The monoisotopic (exact) mass is 853 g/mol. The van der Waals surface area contributed by atoms with Crippen molar-refractivity contribution >= 4 is 25.3 Å². The highest BCUT2D eigenvalue weighted by Gasteiger charge is 2.54. The highest BCUT2D eigenvalue weighted by Crippen LogP contribution is 2.58. The minimum Gasteiger partial charge on any atom is -0.779 e. The van der Waals surface area contributed by atoms with E-state index in [1.165, 1.54) is 0 Å². The molecule has 3 aliphatic carbocycles. The van der Waals surface area contributed by atoms with Gasteiger partial charge in [-0.1, -0.05) is 17.8 Å². The smallest absolute Gasteiger partial charge is 0.226 e. The van der Waals surface area contributed by atoms with Crippen molar-refractivity contribution in [2.24, 2.45) is 5.41 Å². The van der Waals surface area contributed by atoms with Crippen LogP contribution in [0.5, 0.6) is 0 Å². The fraction of sp³-hybridized carbons (Fsp3) is 0.780. The lowest BCUT2D eigenvalue weighted by atomic mass is 9.58. The van der Waals surface area contributed by atoms with Gasteiger partial charge in [-0.15, -0.1) is 19.3 Å². The normalized spacial score (nSPS) is 20.1. The van der Waals surface area contributed by atoms with Crippen LogP contribution in [0.25, 0.3) is 0 Å². The van der Waals surface area contributed by atoms with Gasteiger partial charge in [0.2, 0.25) is 17.7 Å². The van der Waals surface area contributed by atoms with Crippen LogP contribution in [0.2, 0.25) is 0 Å². The number of nitrogens with one attached hydrogen (secondary N) is 4. The Bertz CT molecular complexity index is 1350. The summed E-state index contributed by atoms with van der Waals surface area (Å²) in [7, 11) is -4.00. The van der Waals surface area contributed by atoms with Gasteiger partial charge in [-0.2, -0.15) is 0 Å². The van der Waals surface area contributed by atoms with Crippen LogP contribution >= 0.6 is 7.60 Å². The molecule has 0 radical (unpaired) electrons. The van der Waals surface area contributed by atoms with Crippen molar-refractivity contribution in [3.63, 3.8) is 0 Å². The van der Waals surface area contributed by atoms with E-state index in [0.717, 1.165) is 6.66 Å². The standard InChI is InChI=1S/C41H67N4O13P/c1-5-23-52-29-32-55-26-20-42-35(46)8-11-40(12-9-36(47)43-21-27-56-33-30-53-24-6-2,13-10-37(48)44-22-28-57-34-31-54-25-7-3)45-38(49)39-14-17-41(18-15-39,19-16-39)58-59(4,50)51/h1-3,35,42,46H,8-34H2,4H3,(H,43,47)(H,44,48)(H,45,49)(H,50,51)/p-1. The maximum Gasteiger partial charge on any atom is 0.226 e. The molecule has 0 spiro atoms. The van der Waals surface area contributed by atoms with Crippen LogP contribution in [-0.4, -0.2) is 146 Å². The molecular weight excluding hydrogens is 787 g/mol. The molecule has 0 saturated heterocycles. The summed E-state index contributed by atoms with van der Waals surface area (Å²) in [6, 6.07) is 0. The lowest BCUT2D eigenvalue weighted by Crippen LogP contribution is -2.59. The van der Waals surface area contributed by atoms with Crippen LogP contribution in [-0.2, 0) is 51.9 Å². The number of hydrogen-bond acceptors (Lipinski definition) is 14. The van der Waals surface area contributed by atoms with Crippen molar-refractivity contribution in [2.75, 3.05) is 106 Å². The van der Waals surface area contributed by atoms with E-state index < -0.39 is 30.4 Å². The van der Waals surface area contributed by atoms with Gasteiger partial charge in [0.1, 0.15) is 33.6 Å². The quantitative estimate of drug-likeness (QED) is 0.0255. The molecule has 0 aliphatic heterocycles. The molecule has 18 heteroatoms. The number of hydrogen-bond donors (Lipinski definition) is 5. The van der Waals surface area contributed by atoms with Crippen molar-refractivity contribution in [3.8, 4) is 37.0 Å². The lowest BCUT2D eigenvalue weighted by molar-refractivity contribution is -0.216. The summed E-state index contributed by atoms with van der Waals surface area (Å²) < 4.78 is 49.7. The Balaban J connectivity index is 2.17. The Morgan fingerprint density at radius 3 is 1.54 bits per heavy atom. The first kappa shape index (κ1) is 52.1. The summed E-state index contributed by atoms with van der Waals surface area (Å²) in [5, 5.41) is 23.0. The number of carbonyl (C=O) groups excluding carboxylic acids is 3. The van der Waals surface area contributed by atoms with E-state index in [9.17, 15) is 28.9 Å². The number of terminal acetylenes is 3. The predicted molar refractivity (Wildman–Crippen MR) is 217 cm³/mol. The van der Waals surface area contributed by atoms with E-state index in [1.807, 2.05) is 0 Å². The molecule has 3 saturated carbocycles. The van der Waals surface area contributed by atoms with Crippen LogP contribution in [0.1, 0.15) is 77.0 Å². The van der Waals surface area contributed by atoms with E-state index in [1.54, 1.807) is 0 Å². The highest BCUT2D eigenvalue weighted by atomic mass is 31.2. The third-order valence-electron chi connectivity index (χ3n) is 10.4. The van der Waals surface area contributed by atoms with Gasteiger partial charge in [-0.3, -0.25) is 19.7 Å². The summed E-state index contributed by atoms with van der Waals surface area (Å²) in [4.78, 5) is 52.9. The second-order valence-corrected chi connectivity index (χ2v) is 16.6. The molecule has 5 N–H and O–H groups in total. The number of ether oxygens (including phenoxy) is 6. The summed E-state index contributed by atoms with van der Waals surface area (Å²) in [5.74, 6) is 6.36. The lowest BCUT2D eigenvalue weighted by Gasteiger charge is -2.54. The molecule has 0 heterocycles. The molecule has 2 bridgehead atoms. The Morgan fingerprint density at radius 1 is 0.695 bits per heavy atom. The van der Waals surface area contributed by atoms with Crippen molar-refractivity contribution in [1.29, 1.82) is 0 Å². The number of rotatable bonds is 35. The summed E-state index contributed by atoms with van der Waals surface area (Å²) in [5.41, 5.74) is -2.67.